The van der Waals surface area contributed by atoms with Gasteiger partial charge in [0.1, 0.15) is 5.75 Å². The average molecular weight is 433 g/mol. The monoisotopic (exact) mass is 432 g/mol. The highest BCUT2D eigenvalue weighted by molar-refractivity contribution is 5.72. The normalized spacial score (nSPS) is 16.6. The fourth-order valence-corrected chi connectivity index (χ4v) is 4.48. The number of ether oxygens (including phenoxy) is 1. The minimum Gasteiger partial charge on any atom is -0.497 e. The van der Waals surface area contributed by atoms with E-state index in [1.807, 2.05) is 41.1 Å². The van der Waals surface area contributed by atoms with Gasteiger partial charge in [-0.1, -0.05) is 36.8 Å². The first-order valence-corrected chi connectivity index (χ1v) is 11.4. The standard InChI is InChI=1S/C26H32N4O2/c1-20(31)27-15-14-23-10-6-7-16-29(23)18-22-19-30(24-11-4-3-5-12-24)28-26(22)21-9-8-13-25(17-21)32-2/h3-5,8-9,11-13,17,19,23H,6-7,10,14-16,18H2,1-2H3,(H,27,31)/t23-/m0/s1. The molecule has 0 saturated carbocycles. The number of nitrogens with zero attached hydrogens (tertiary/aromatic N) is 3. The van der Waals surface area contributed by atoms with Crippen LogP contribution in [0.25, 0.3) is 16.9 Å². The summed E-state index contributed by atoms with van der Waals surface area (Å²) in [5.41, 5.74) is 4.29. The van der Waals surface area contributed by atoms with Gasteiger partial charge in [0.25, 0.3) is 0 Å². The zero-order chi connectivity index (χ0) is 22.3. The van der Waals surface area contributed by atoms with Crippen LogP contribution >= 0.6 is 0 Å². The molecule has 2 aromatic carbocycles. The molecule has 4 rings (SSSR count). The van der Waals surface area contributed by atoms with E-state index < -0.39 is 0 Å². The van der Waals surface area contributed by atoms with Crippen molar-refractivity contribution < 1.29 is 9.53 Å². The fourth-order valence-electron chi connectivity index (χ4n) is 4.48. The number of aromatic nitrogens is 2. The van der Waals surface area contributed by atoms with E-state index in [0.717, 1.165) is 48.7 Å². The lowest BCUT2D eigenvalue weighted by atomic mass is 9.98. The first-order valence-electron chi connectivity index (χ1n) is 11.4. The zero-order valence-corrected chi connectivity index (χ0v) is 19.0. The van der Waals surface area contributed by atoms with Crippen molar-refractivity contribution in [1.29, 1.82) is 0 Å². The van der Waals surface area contributed by atoms with Gasteiger partial charge in [0.2, 0.25) is 5.91 Å². The molecule has 168 valence electrons. The van der Waals surface area contributed by atoms with Gasteiger partial charge < -0.3 is 10.1 Å². The zero-order valence-electron chi connectivity index (χ0n) is 19.0. The maximum atomic E-state index is 11.3. The molecule has 0 radical (unpaired) electrons. The number of hydrogen-bond donors (Lipinski definition) is 1. The lowest BCUT2D eigenvalue weighted by Crippen LogP contribution is -2.41. The molecule has 1 N–H and O–H groups in total. The first-order chi connectivity index (χ1) is 15.6. The van der Waals surface area contributed by atoms with E-state index in [4.69, 9.17) is 9.84 Å². The summed E-state index contributed by atoms with van der Waals surface area (Å²) in [6.45, 7) is 4.21. The third-order valence-corrected chi connectivity index (χ3v) is 6.13. The molecule has 1 aromatic heterocycles. The Morgan fingerprint density at radius 2 is 2.00 bits per heavy atom. The molecule has 0 bridgehead atoms. The van der Waals surface area contributed by atoms with Crippen molar-refractivity contribution in [3.05, 3.63) is 66.4 Å². The van der Waals surface area contributed by atoms with E-state index >= 15 is 0 Å². The van der Waals surface area contributed by atoms with Gasteiger partial charge in [0.15, 0.2) is 0 Å². The lowest BCUT2D eigenvalue weighted by molar-refractivity contribution is -0.119. The largest absolute Gasteiger partial charge is 0.497 e. The molecule has 32 heavy (non-hydrogen) atoms. The molecule has 1 aliphatic rings. The predicted octanol–water partition coefficient (Wildman–Crippen LogP) is 4.43. The first kappa shape index (κ1) is 22.1. The Bertz CT molecular complexity index is 1030. The summed E-state index contributed by atoms with van der Waals surface area (Å²) in [4.78, 5) is 13.9. The molecular formula is C26H32N4O2. The van der Waals surface area contributed by atoms with E-state index in [0.29, 0.717) is 6.04 Å². The minimum absolute atomic E-state index is 0.0387. The highest BCUT2D eigenvalue weighted by Crippen LogP contribution is 2.30. The van der Waals surface area contributed by atoms with Crippen LogP contribution in [0.4, 0.5) is 0 Å². The van der Waals surface area contributed by atoms with Gasteiger partial charge in [-0.3, -0.25) is 9.69 Å². The van der Waals surface area contributed by atoms with Crippen LogP contribution in [0.2, 0.25) is 0 Å². The highest BCUT2D eigenvalue weighted by atomic mass is 16.5. The van der Waals surface area contributed by atoms with Crippen molar-refractivity contribution in [2.24, 2.45) is 0 Å². The number of benzene rings is 2. The summed E-state index contributed by atoms with van der Waals surface area (Å²) in [5.74, 6) is 0.866. The molecule has 3 aromatic rings. The van der Waals surface area contributed by atoms with E-state index in [2.05, 4.69) is 34.6 Å². The Morgan fingerprint density at radius 1 is 1.16 bits per heavy atom. The van der Waals surface area contributed by atoms with Crippen molar-refractivity contribution in [2.75, 3.05) is 20.2 Å². The van der Waals surface area contributed by atoms with Crippen LogP contribution in [0.3, 0.4) is 0 Å². The third-order valence-electron chi connectivity index (χ3n) is 6.13. The van der Waals surface area contributed by atoms with Gasteiger partial charge in [-0.15, -0.1) is 0 Å². The topological polar surface area (TPSA) is 59.4 Å². The third kappa shape index (κ3) is 5.37. The predicted molar refractivity (Wildman–Crippen MR) is 127 cm³/mol. The number of likely N-dealkylation sites (tertiary alicyclic amines) is 1. The summed E-state index contributed by atoms with van der Waals surface area (Å²) in [5, 5.41) is 7.94. The molecule has 1 saturated heterocycles. The summed E-state index contributed by atoms with van der Waals surface area (Å²) in [7, 11) is 1.69. The van der Waals surface area contributed by atoms with Crippen LogP contribution in [0.5, 0.6) is 5.75 Å². The van der Waals surface area contributed by atoms with Crippen LogP contribution < -0.4 is 10.1 Å². The Labute approximate surface area is 190 Å². The molecule has 1 aliphatic heterocycles. The van der Waals surface area contributed by atoms with E-state index in [9.17, 15) is 4.79 Å². The highest BCUT2D eigenvalue weighted by Gasteiger charge is 2.24. The second-order valence-corrected chi connectivity index (χ2v) is 8.41. The second kappa shape index (κ2) is 10.5. The SMILES string of the molecule is COc1cccc(-c2nn(-c3ccccc3)cc2CN2CCCC[C@H]2CCNC(C)=O)c1. The van der Waals surface area contributed by atoms with Gasteiger partial charge in [0.05, 0.1) is 18.5 Å². The molecular weight excluding hydrogens is 400 g/mol. The van der Waals surface area contributed by atoms with Crippen molar-refractivity contribution in [3.8, 4) is 22.7 Å². The minimum atomic E-state index is 0.0387. The smallest absolute Gasteiger partial charge is 0.216 e. The number of methoxy groups -OCH3 is 1. The van der Waals surface area contributed by atoms with Crippen molar-refractivity contribution in [3.63, 3.8) is 0 Å². The second-order valence-electron chi connectivity index (χ2n) is 8.41. The van der Waals surface area contributed by atoms with E-state index in [-0.39, 0.29) is 5.91 Å². The molecule has 0 aliphatic carbocycles. The maximum Gasteiger partial charge on any atom is 0.216 e. The van der Waals surface area contributed by atoms with Crippen LogP contribution in [-0.2, 0) is 11.3 Å². The molecule has 0 unspecified atom stereocenters. The Morgan fingerprint density at radius 3 is 2.78 bits per heavy atom. The number of para-hydroxylation sites is 1. The lowest BCUT2D eigenvalue weighted by Gasteiger charge is -2.35. The number of carbonyl (C=O) groups is 1. The molecule has 6 nitrogen and oxygen atoms in total. The summed E-state index contributed by atoms with van der Waals surface area (Å²) in [6, 6.07) is 18.8. The molecule has 1 amide bonds. The summed E-state index contributed by atoms with van der Waals surface area (Å²) >= 11 is 0. The Hall–Kier alpha value is -3.12. The van der Waals surface area contributed by atoms with Gasteiger partial charge in [-0.25, -0.2) is 4.68 Å². The maximum absolute atomic E-state index is 11.3. The summed E-state index contributed by atoms with van der Waals surface area (Å²) in [6.07, 6.45) is 6.75. The Kier molecular flexibility index (Phi) is 7.22. The number of carbonyl (C=O) groups excluding carboxylic acids is 1. The average Bonchev–Trinajstić information content (AvgIpc) is 3.24. The van der Waals surface area contributed by atoms with Crippen LogP contribution in [0.15, 0.2) is 60.8 Å². The number of rotatable bonds is 8. The number of hydrogen-bond acceptors (Lipinski definition) is 4. The molecule has 2 heterocycles. The molecule has 1 atom stereocenters. The molecule has 6 heteroatoms. The van der Waals surface area contributed by atoms with Crippen LogP contribution in [0, 0.1) is 0 Å². The quantitative estimate of drug-likeness (QED) is 0.572. The van der Waals surface area contributed by atoms with Gasteiger partial charge in [-0.05, 0) is 50.1 Å². The van der Waals surface area contributed by atoms with Crippen LogP contribution in [-0.4, -0.2) is 46.8 Å². The van der Waals surface area contributed by atoms with E-state index in [1.54, 1.807) is 14.0 Å². The van der Waals surface area contributed by atoms with Crippen molar-refractivity contribution in [2.45, 2.75) is 45.2 Å². The Balaban J connectivity index is 1.63. The molecule has 1 fully saturated rings. The summed E-state index contributed by atoms with van der Waals surface area (Å²) < 4.78 is 7.43. The molecule has 0 spiro atoms. The van der Waals surface area contributed by atoms with Crippen molar-refractivity contribution in [1.82, 2.24) is 20.0 Å². The number of nitrogens with one attached hydrogen (secondary N) is 1. The number of piperidine rings is 1. The van der Waals surface area contributed by atoms with E-state index in [1.165, 1.54) is 24.8 Å². The van der Waals surface area contributed by atoms with Gasteiger partial charge in [0, 0.05) is 43.4 Å². The van der Waals surface area contributed by atoms with Gasteiger partial charge in [-0.2, -0.15) is 5.10 Å². The fraction of sp³-hybridized carbons (Fsp3) is 0.385. The number of amides is 1. The van der Waals surface area contributed by atoms with Crippen LogP contribution in [0.1, 0.15) is 38.2 Å². The van der Waals surface area contributed by atoms with Gasteiger partial charge >= 0.3 is 0 Å². The van der Waals surface area contributed by atoms with Crippen molar-refractivity contribution >= 4 is 5.91 Å².